The van der Waals surface area contributed by atoms with Crippen molar-refractivity contribution in [3.63, 3.8) is 0 Å². The van der Waals surface area contributed by atoms with E-state index in [1.165, 1.54) is 19.3 Å². The summed E-state index contributed by atoms with van der Waals surface area (Å²) < 4.78 is 0. The fourth-order valence-electron chi connectivity index (χ4n) is 3.94. The monoisotopic (exact) mass is 403 g/mol. The maximum absolute atomic E-state index is 11.1. The molecular weight excluding hydrogens is 366 g/mol. The highest BCUT2D eigenvalue weighted by molar-refractivity contribution is 5.86. The van der Waals surface area contributed by atoms with Gasteiger partial charge in [-0.2, -0.15) is 0 Å². The average Bonchev–Trinajstić information content (AvgIpc) is 3.32. The summed E-state index contributed by atoms with van der Waals surface area (Å²) in [7, 11) is 3.89. The zero-order valence-corrected chi connectivity index (χ0v) is 18.7. The van der Waals surface area contributed by atoms with Crippen LogP contribution in [0.25, 0.3) is 0 Å². The van der Waals surface area contributed by atoms with Crippen LogP contribution in [0.1, 0.15) is 65.0 Å². The van der Waals surface area contributed by atoms with Crippen LogP contribution in [0.2, 0.25) is 0 Å². The highest BCUT2D eigenvalue weighted by Gasteiger charge is 2.36. The van der Waals surface area contributed by atoms with Gasteiger partial charge in [0.25, 0.3) is 0 Å². The first kappa shape index (κ1) is 25.1. The Morgan fingerprint density at radius 3 is 2.10 bits per heavy atom. The van der Waals surface area contributed by atoms with E-state index in [0.717, 1.165) is 31.5 Å². The Kier molecular flexibility index (Phi) is 10.9. The molecule has 1 aromatic heterocycles. The zero-order valence-electron chi connectivity index (χ0n) is 18.7. The Morgan fingerprint density at radius 1 is 1.14 bits per heavy atom. The summed E-state index contributed by atoms with van der Waals surface area (Å²) >= 11 is 0. The van der Waals surface area contributed by atoms with E-state index >= 15 is 0 Å². The van der Waals surface area contributed by atoms with Crippen LogP contribution in [0, 0.1) is 0 Å². The van der Waals surface area contributed by atoms with Gasteiger partial charge < -0.3 is 5.32 Å². The molecule has 0 radical (unpaired) electrons. The maximum atomic E-state index is 11.1. The molecule has 162 valence electrons. The van der Waals surface area contributed by atoms with Gasteiger partial charge in [0.15, 0.2) is 0 Å². The molecule has 0 spiro atoms. The highest BCUT2D eigenvalue weighted by Crippen LogP contribution is 2.29. The first-order valence-electron chi connectivity index (χ1n) is 10.5. The third kappa shape index (κ3) is 8.54. The standard InChI is InChI=1S/C8H15NO.C8H9NO.C7H13NO/c1-7(10)8(9-2)5-3-4-6-8;1-7(10)6-8-4-2-3-5-9-8;1-6(9)7-4-3-5-8(7)2/h9H,3-6H2,1-2H3;2-5H,6H2,1H3;7H,3-5H2,1-2H3/t;;7-/m..0/s1. The lowest BCUT2D eigenvalue weighted by molar-refractivity contribution is -0.123. The summed E-state index contributed by atoms with van der Waals surface area (Å²) in [6, 6.07) is 5.79. The van der Waals surface area contributed by atoms with E-state index in [0.29, 0.717) is 18.0 Å². The number of carbonyl (C=O) groups is 3. The molecule has 2 heterocycles. The molecule has 1 aliphatic carbocycles. The number of nitrogens with one attached hydrogen (secondary N) is 1. The van der Waals surface area contributed by atoms with E-state index in [1.54, 1.807) is 27.0 Å². The van der Waals surface area contributed by atoms with Gasteiger partial charge >= 0.3 is 0 Å². The molecule has 1 saturated heterocycles. The molecule has 1 N–H and O–H groups in total. The van der Waals surface area contributed by atoms with E-state index in [9.17, 15) is 14.4 Å². The normalized spacial score (nSPS) is 20.1. The molecule has 2 aliphatic rings. The van der Waals surface area contributed by atoms with Gasteiger partial charge in [-0.05, 0) is 79.2 Å². The predicted octanol–water partition coefficient (Wildman–Crippen LogP) is 2.99. The van der Waals surface area contributed by atoms with Crippen molar-refractivity contribution in [2.75, 3.05) is 20.6 Å². The molecule has 6 heteroatoms. The second-order valence-electron chi connectivity index (χ2n) is 8.04. The van der Waals surface area contributed by atoms with Gasteiger partial charge in [0, 0.05) is 18.3 Å². The minimum Gasteiger partial charge on any atom is -0.308 e. The predicted molar refractivity (Wildman–Crippen MR) is 116 cm³/mol. The number of nitrogens with zero attached hydrogens (tertiary/aromatic N) is 2. The van der Waals surface area contributed by atoms with Crippen LogP contribution in [0.4, 0.5) is 0 Å². The molecule has 29 heavy (non-hydrogen) atoms. The fourth-order valence-corrected chi connectivity index (χ4v) is 3.94. The lowest BCUT2D eigenvalue weighted by Crippen LogP contribution is -2.46. The third-order valence-electron chi connectivity index (χ3n) is 5.76. The number of likely N-dealkylation sites (tertiary alicyclic amines) is 1. The Balaban J connectivity index is 0.000000218. The summed E-state index contributed by atoms with van der Waals surface area (Å²) in [6.07, 6.45) is 8.82. The average molecular weight is 404 g/mol. The largest absolute Gasteiger partial charge is 0.308 e. The van der Waals surface area contributed by atoms with Crippen LogP contribution >= 0.6 is 0 Å². The molecule has 0 unspecified atom stereocenters. The lowest BCUT2D eigenvalue weighted by atomic mass is 9.93. The molecule has 0 bridgehead atoms. The second kappa shape index (κ2) is 12.6. The lowest BCUT2D eigenvalue weighted by Gasteiger charge is -2.24. The van der Waals surface area contributed by atoms with Crippen molar-refractivity contribution in [1.82, 2.24) is 15.2 Å². The molecule has 1 saturated carbocycles. The van der Waals surface area contributed by atoms with Crippen molar-refractivity contribution < 1.29 is 14.4 Å². The number of Topliss-reactive ketones (excluding diaryl/α,β-unsaturated/α-hetero) is 3. The molecule has 6 nitrogen and oxygen atoms in total. The van der Waals surface area contributed by atoms with Gasteiger partial charge in [-0.3, -0.25) is 24.3 Å². The molecule has 2 fully saturated rings. The summed E-state index contributed by atoms with van der Waals surface area (Å²) in [5, 5.41) is 3.13. The topological polar surface area (TPSA) is 79.4 Å². The zero-order chi connectivity index (χ0) is 21.9. The molecule has 1 atom stereocenters. The van der Waals surface area contributed by atoms with Crippen LogP contribution in [0.3, 0.4) is 0 Å². The van der Waals surface area contributed by atoms with Crippen LogP contribution in [-0.4, -0.2) is 59.5 Å². The van der Waals surface area contributed by atoms with Gasteiger partial charge in [0.2, 0.25) is 0 Å². The Hall–Kier alpha value is -1.92. The number of rotatable bonds is 5. The van der Waals surface area contributed by atoms with Crippen molar-refractivity contribution in [2.45, 2.75) is 77.3 Å². The van der Waals surface area contributed by atoms with Gasteiger partial charge in [0.1, 0.15) is 17.3 Å². The Labute approximate surface area is 175 Å². The van der Waals surface area contributed by atoms with E-state index in [1.807, 2.05) is 32.3 Å². The summed E-state index contributed by atoms with van der Waals surface area (Å²) in [5.41, 5.74) is 0.690. The van der Waals surface area contributed by atoms with Gasteiger partial charge in [-0.1, -0.05) is 18.9 Å². The third-order valence-corrected chi connectivity index (χ3v) is 5.76. The van der Waals surface area contributed by atoms with Crippen molar-refractivity contribution >= 4 is 17.3 Å². The van der Waals surface area contributed by atoms with Crippen LogP contribution < -0.4 is 5.32 Å². The fraction of sp³-hybridized carbons (Fsp3) is 0.652. The van der Waals surface area contributed by atoms with Crippen LogP contribution in [0.15, 0.2) is 24.4 Å². The van der Waals surface area contributed by atoms with E-state index in [2.05, 4.69) is 15.2 Å². The van der Waals surface area contributed by atoms with E-state index in [-0.39, 0.29) is 17.4 Å². The summed E-state index contributed by atoms with van der Waals surface area (Å²) in [5.74, 6) is 0.765. The van der Waals surface area contributed by atoms with Crippen molar-refractivity contribution in [3.05, 3.63) is 30.1 Å². The summed E-state index contributed by atoms with van der Waals surface area (Å²) in [4.78, 5) is 38.6. The molecule has 0 amide bonds. The number of ketones is 3. The Bertz CT molecular complexity index is 655. The first-order valence-corrected chi connectivity index (χ1v) is 10.5. The SMILES string of the molecule is CC(=O)Cc1ccccn1.CC(=O)[C@@H]1CCCN1C.CNC1(C(C)=O)CCCC1. The number of aromatic nitrogens is 1. The van der Waals surface area contributed by atoms with E-state index < -0.39 is 0 Å². The number of likely N-dealkylation sites (N-methyl/N-ethyl adjacent to an activating group) is 2. The minimum atomic E-state index is -0.153. The molecule has 3 rings (SSSR count). The summed E-state index contributed by atoms with van der Waals surface area (Å²) in [6.45, 7) is 6.01. The molecular formula is C23H37N3O3. The molecule has 0 aromatic carbocycles. The van der Waals surface area contributed by atoms with Crippen LogP contribution in [0.5, 0.6) is 0 Å². The van der Waals surface area contributed by atoms with Gasteiger partial charge in [-0.25, -0.2) is 0 Å². The maximum Gasteiger partial charge on any atom is 0.149 e. The van der Waals surface area contributed by atoms with E-state index in [4.69, 9.17) is 0 Å². The number of hydrogen-bond acceptors (Lipinski definition) is 6. The quantitative estimate of drug-likeness (QED) is 0.814. The van der Waals surface area contributed by atoms with Crippen molar-refractivity contribution in [1.29, 1.82) is 0 Å². The van der Waals surface area contributed by atoms with Crippen molar-refractivity contribution in [3.8, 4) is 0 Å². The smallest absolute Gasteiger partial charge is 0.149 e. The minimum absolute atomic E-state index is 0.152. The first-order chi connectivity index (χ1) is 13.7. The van der Waals surface area contributed by atoms with Gasteiger partial charge in [-0.15, -0.1) is 0 Å². The number of pyridine rings is 1. The van der Waals surface area contributed by atoms with Crippen molar-refractivity contribution in [2.24, 2.45) is 0 Å². The second-order valence-corrected chi connectivity index (χ2v) is 8.04. The molecule has 1 aromatic rings. The van der Waals surface area contributed by atoms with Gasteiger partial charge in [0.05, 0.1) is 11.6 Å². The Morgan fingerprint density at radius 2 is 1.79 bits per heavy atom. The highest BCUT2D eigenvalue weighted by atomic mass is 16.1. The van der Waals surface area contributed by atoms with Crippen LogP contribution in [-0.2, 0) is 20.8 Å². The number of hydrogen-bond donors (Lipinski definition) is 1. The number of carbonyl (C=O) groups excluding carboxylic acids is 3. The molecule has 1 aliphatic heterocycles.